The Labute approximate surface area is 134 Å². The van der Waals surface area contributed by atoms with E-state index in [1.165, 1.54) is 29.8 Å². The van der Waals surface area contributed by atoms with Crippen LogP contribution >= 0.6 is 0 Å². The van der Waals surface area contributed by atoms with Crippen LogP contribution in [0.25, 0.3) is 0 Å². The van der Waals surface area contributed by atoms with Gasteiger partial charge in [0.1, 0.15) is 0 Å². The minimum Gasteiger partial charge on any atom is -0.337 e. The number of quaternary nitrogens is 1. The van der Waals surface area contributed by atoms with Gasteiger partial charge in [-0.25, -0.2) is 0 Å². The molecule has 3 atom stereocenters. The third-order valence-corrected chi connectivity index (χ3v) is 5.34. The average molecular weight is 301 g/mol. The molecule has 0 aromatic heterocycles. The molecular weight excluding hydrogens is 272 g/mol. The number of piperidine rings is 1. The maximum absolute atomic E-state index is 12.8. The predicted octanol–water partition coefficient (Wildman–Crippen LogP) is 2.29. The lowest BCUT2D eigenvalue weighted by molar-refractivity contribution is -0.886. The number of unbranched alkanes of at least 4 members (excludes halogenated alkanes) is 2. The molecule has 1 amide bonds. The molecule has 2 heterocycles. The van der Waals surface area contributed by atoms with Gasteiger partial charge in [-0.3, -0.25) is 4.79 Å². The molecule has 1 N–H and O–H groups in total. The smallest absolute Gasteiger partial charge is 0.227 e. The second-order valence-electron chi connectivity index (χ2n) is 7.16. The van der Waals surface area contributed by atoms with Crippen molar-refractivity contribution in [3.63, 3.8) is 0 Å². The number of rotatable bonds is 4. The van der Waals surface area contributed by atoms with Gasteiger partial charge >= 0.3 is 0 Å². The number of aryl methyl sites for hydroxylation is 1. The molecule has 0 radical (unpaired) electrons. The molecule has 1 fully saturated rings. The van der Waals surface area contributed by atoms with Crippen molar-refractivity contribution in [3.05, 3.63) is 29.3 Å². The van der Waals surface area contributed by atoms with E-state index in [0.717, 1.165) is 25.8 Å². The van der Waals surface area contributed by atoms with E-state index in [4.69, 9.17) is 0 Å². The number of hydrogen-bond acceptors (Lipinski definition) is 1. The first-order chi connectivity index (χ1) is 10.6. The molecule has 3 rings (SSSR count). The van der Waals surface area contributed by atoms with E-state index in [9.17, 15) is 4.79 Å². The first-order valence-electron chi connectivity index (χ1n) is 8.85. The van der Waals surface area contributed by atoms with Crippen LogP contribution in [0.15, 0.2) is 18.2 Å². The van der Waals surface area contributed by atoms with Crippen molar-refractivity contribution >= 4 is 11.6 Å². The highest BCUT2D eigenvalue weighted by Crippen LogP contribution is 2.43. The Morgan fingerprint density at radius 3 is 2.95 bits per heavy atom. The predicted molar refractivity (Wildman–Crippen MR) is 90.6 cm³/mol. The zero-order chi connectivity index (χ0) is 15.7. The molecule has 0 saturated carbocycles. The van der Waals surface area contributed by atoms with Gasteiger partial charge < -0.3 is 9.80 Å². The van der Waals surface area contributed by atoms with Crippen molar-refractivity contribution in [2.24, 2.45) is 0 Å². The van der Waals surface area contributed by atoms with Crippen molar-refractivity contribution in [1.29, 1.82) is 0 Å². The molecule has 1 saturated heterocycles. The van der Waals surface area contributed by atoms with Gasteiger partial charge in [0.2, 0.25) is 5.91 Å². The quantitative estimate of drug-likeness (QED) is 0.848. The van der Waals surface area contributed by atoms with E-state index in [1.54, 1.807) is 4.90 Å². The van der Waals surface area contributed by atoms with Crippen LogP contribution in [-0.2, 0) is 4.79 Å². The first kappa shape index (κ1) is 15.5. The molecule has 1 aromatic carbocycles. The van der Waals surface area contributed by atoms with Crippen LogP contribution in [0.2, 0.25) is 0 Å². The van der Waals surface area contributed by atoms with Crippen LogP contribution < -0.4 is 9.80 Å². The summed E-state index contributed by atoms with van der Waals surface area (Å²) in [4.78, 5) is 16.6. The molecule has 0 aliphatic carbocycles. The van der Waals surface area contributed by atoms with E-state index in [2.05, 4.69) is 44.0 Å². The molecule has 0 spiro atoms. The van der Waals surface area contributed by atoms with Crippen LogP contribution in [-0.4, -0.2) is 32.1 Å². The third-order valence-electron chi connectivity index (χ3n) is 5.34. The van der Waals surface area contributed by atoms with Gasteiger partial charge in [0.15, 0.2) is 0 Å². The Bertz CT molecular complexity index is 554. The summed E-state index contributed by atoms with van der Waals surface area (Å²) in [5, 5.41) is 0. The summed E-state index contributed by atoms with van der Waals surface area (Å²) in [5.41, 5.74) is 3.91. The highest BCUT2D eigenvalue weighted by atomic mass is 16.2. The molecule has 2 aliphatic heterocycles. The summed E-state index contributed by atoms with van der Waals surface area (Å²) in [6.45, 7) is 6.67. The minimum absolute atomic E-state index is 0.339. The fourth-order valence-corrected chi connectivity index (χ4v) is 4.17. The molecule has 1 aromatic rings. The van der Waals surface area contributed by atoms with Gasteiger partial charge in [-0.05, 0) is 25.0 Å². The second kappa shape index (κ2) is 6.41. The van der Waals surface area contributed by atoms with Crippen LogP contribution in [0.5, 0.6) is 0 Å². The van der Waals surface area contributed by atoms with Crippen molar-refractivity contribution in [1.82, 2.24) is 0 Å². The number of carbonyl (C=O) groups is 1. The van der Waals surface area contributed by atoms with Gasteiger partial charge in [0.25, 0.3) is 0 Å². The van der Waals surface area contributed by atoms with Crippen molar-refractivity contribution in [3.8, 4) is 0 Å². The first-order valence-corrected chi connectivity index (χ1v) is 8.85. The van der Waals surface area contributed by atoms with Crippen LogP contribution in [0, 0.1) is 6.92 Å². The number of likely N-dealkylation sites (N-methyl/N-ethyl adjacent to an activating group) is 1. The maximum Gasteiger partial charge on any atom is 0.227 e. The van der Waals surface area contributed by atoms with E-state index >= 15 is 0 Å². The lowest BCUT2D eigenvalue weighted by Gasteiger charge is -2.34. The number of nitrogens with zero attached hydrogens (tertiary/aromatic N) is 1. The highest BCUT2D eigenvalue weighted by Gasteiger charge is 2.45. The number of likely N-dealkylation sites (tertiary alicyclic amines) is 1. The molecule has 3 nitrogen and oxygen atoms in total. The summed E-state index contributed by atoms with van der Waals surface area (Å²) in [7, 11) is 2.28. The van der Waals surface area contributed by atoms with E-state index in [1.807, 2.05) is 0 Å². The number of hydrogen-bond donors (Lipinski definition) is 1. The van der Waals surface area contributed by atoms with Gasteiger partial charge in [0, 0.05) is 18.5 Å². The normalized spacial score (nSPS) is 26.7. The number of carbonyl (C=O) groups excluding carboxylic acids is 1. The SMILES string of the molecule is CCCCCC(=O)N1c2ccc(C)cc2[C@@H]2C[NH+](C)CC[C@@H]21. The maximum atomic E-state index is 12.8. The Morgan fingerprint density at radius 2 is 2.18 bits per heavy atom. The summed E-state index contributed by atoms with van der Waals surface area (Å²) >= 11 is 0. The average Bonchev–Trinajstić information content (AvgIpc) is 2.80. The van der Waals surface area contributed by atoms with Gasteiger partial charge in [-0.2, -0.15) is 0 Å². The van der Waals surface area contributed by atoms with E-state index < -0.39 is 0 Å². The zero-order valence-corrected chi connectivity index (χ0v) is 14.2. The zero-order valence-electron chi connectivity index (χ0n) is 14.2. The van der Waals surface area contributed by atoms with Crippen molar-refractivity contribution < 1.29 is 9.69 Å². The van der Waals surface area contributed by atoms with Gasteiger partial charge in [0.05, 0.1) is 32.1 Å². The number of benzene rings is 1. The molecule has 22 heavy (non-hydrogen) atoms. The summed E-state index contributed by atoms with van der Waals surface area (Å²) in [5.74, 6) is 0.865. The van der Waals surface area contributed by atoms with Gasteiger partial charge in [-0.15, -0.1) is 0 Å². The second-order valence-corrected chi connectivity index (χ2v) is 7.16. The van der Waals surface area contributed by atoms with Crippen molar-refractivity contribution in [2.45, 2.75) is 57.9 Å². The largest absolute Gasteiger partial charge is 0.337 e. The van der Waals surface area contributed by atoms with E-state index in [-0.39, 0.29) is 0 Å². The Hall–Kier alpha value is -1.35. The number of fused-ring (bicyclic) bond motifs is 3. The molecule has 1 unspecified atom stereocenters. The van der Waals surface area contributed by atoms with Crippen LogP contribution in [0.4, 0.5) is 5.69 Å². The number of anilines is 1. The highest BCUT2D eigenvalue weighted by molar-refractivity contribution is 5.96. The number of nitrogens with one attached hydrogen (secondary N) is 1. The lowest BCUT2D eigenvalue weighted by atomic mass is 9.89. The fourth-order valence-electron chi connectivity index (χ4n) is 4.17. The standard InChI is InChI=1S/C19H28N2O/c1-4-5-6-7-19(22)21-17-9-8-14(2)12-15(17)16-13-20(3)11-10-18(16)21/h8-9,12,16,18H,4-7,10-11,13H2,1-3H3/p+1/t16-,18-/m0/s1. The molecule has 0 bridgehead atoms. The Balaban J connectivity index is 1.88. The number of amides is 1. The van der Waals surface area contributed by atoms with Crippen molar-refractivity contribution in [2.75, 3.05) is 25.0 Å². The summed E-state index contributed by atoms with van der Waals surface area (Å²) in [6, 6.07) is 7.04. The monoisotopic (exact) mass is 301 g/mol. The fraction of sp³-hybridized carbons (Fsp3) is 0.632. The topological polar surface area (TPSA) is 24.8 Å². The summed E-state index contributed by atoms with van der Waals surface area (Å²) < 4.78 is 0. The lowest BCUT2D eigenvalue weighted by Crippen LogP contribution is -3.11. The van der Waals surface area contributed by atoms with Gasteiger partial charge in [-0.1, -0.05) is 37.5 Å². The molecule has 2 aliphatic rings. The molecule has 120 valence electrons. The van der Waals surface area contributed by atoms with Crippen LogP contribution in [0.3, 0.4) is 0 Å². The summed E-state index contributed by atoms with van der Waals surface area (Å²) in [6.07, 6.45) is 5.18. The minimum atomic E-state index is 0.339. The van der Waals surface area contributed by atoms with E-state index in [0.29, 0.717) is 24.3 Å². The third kappa shape index (κ3) is 2.79. The molecular formula is C19H29N2O+. The Kier molecular flexibility index (Phi) is 4.53. The Morgan fingerprint density at radius 1 is 1.36 bits per heavy atom. The van der Waals surface area contributed by atoms with Crippen LogP contribution in [0.1, 0.15) is 56.1 Å². The molecule has 3 heteroatoms.